The molecule has 0 spiro atoms. The second-order valence-corrected chi connectivity index (χ2v) is 8.71. The number of hydrogen-bond acceptors (Lipinski definition) is 9. The van der Waals surface area contributed by atoms with Crippen molar-refractivity contribution in [3.05, 3.63) is 50.5 Å². The predicted molar refractivity (Wildman–Crippen MR) is 118 cm³/mol. The second-order valence-electron chi connectivity index (χ2n) is 7.45. The minimum absolute atomic E-state index is 0.177. The molecule has 9 nitrogen and oxygen atoms in total. The van der Waals surface area contributed by atoms with Crippen LogP contribution in [-0.4, -0.2) is 38.7 Å². The van der Waals surface area contributed by atoms with Gasteiger partial charge in [0.2, 0.25) is 5.88 Å². The Balaban J connectivity index is 1.33. The summed E-state index contributed by atoms with van der Waals surface area (Å²) < 4.78 is 12.5. The molecule has 1 fully saturated rings. The van der Waals surface area contributed by atoms with Crippen LogP contribution < -0.4 is 20.3 Å². The number of rotatable bonds is 10. The predicted octanol–water partition coefficient (Wildman–Crippen LogP) is 3.01. The fourth-order valence-corrected chi connectivity index (χ4v) is 4.13. The zero-order chi connectivity index (χ0) is 21.8. The highest BCUT2D eigenvalue weighted by Gasteiger charge is 2.38. The van der Waals surface area contributed by atoms with Gasteiger partial charge in [-0.1, -0.05) is 11.3 Å². The molecule has 3 heterocycles. The van der Waals surface area contributed by atoms with Crippen LogP contribution in [-0.2, 0) is 13.1 Å². The highest BCUT2D eigenvalue weighted by molar-refractivity contribution is 7.11. The molecule has 0 saturated heterocycles. The number of ether oxygens (including phenoxy) is 2. The fourth-order valence-electron chi connectivity index (χ4n) is 3.48. The molecule has 0 bridgehead atoms. The molecule has 0 aliphatic heterocycles. The molecule has 10 heteroatoms. The van der Waals surface area contributed by atoms with Gasteiger partial charge >= 0.3 is 0 Å². The Morgan fingerprint density at radius 3 is 2.87 bits per heavy atom. The number of aryl methyl sites for hydroxylation is 2. The van der Waals surface area contributed by atoms with Crippen LogP contribution in [0.1, 0.15) is 41.4 Å². The van der Waals surface area contributed by atoms with Gasteiger partial charge in [0.1, 0.15) is 21.5 Å². The monoisotopic (exact) mass is 442 g/mol. The molecule has 4 rings (SSSR count). The van der Waals surface area contributed by atoms with Crippen LogP contribution in [0.25, 0.3) is 0 Å². The zero-order valence-electron chi connectivity index (χ0n) is 17.9. The molecule has 164 valence electrons. The van der Waals surface area contributed by atoms with Crippen molar-refractivity contribution in [1.82, 2.24) is 25.0 Å². The maximum absolute atomic E-state index is 12.6. The molecule has 1 N–H and O–H groups in total. The third-order valence-corrected chi connectivity index (χ3v) is 6.12. The Morgan fingerprint density at radius 2 is 2.19 bits per heavy atom. The summed E-state index contributed by atoms with van der Waals surface area (Å²) in [5, 5.41) is 17.3. The Kier molecular flexibility index (Phi) is 6.45. The summed E-state index contributed by atoms with van der Waals surface area (Å²) in [6.45, 7) is 5.23. The van der Waals surface area contributed by atoms with E-state index in [2.05, 4.69) is 25.6 Å². The van der Waals surface area contributed by atoms with Crippen molar-refractivity contribution >= 4 is 17.0 Å². The first-order chi connectivity index (χ1) is 15.1. The van der Waals surface area contributed by atoms with E-state index in [1.807, 2.05) is 26.0 Å². The lowest BCUT2D eigenvalue weighted by atomic mass is 10.2. The standard InChI is InChI=1S/C21H26N6O3S/c1-4-27-21(28)18(23-12-20-25-24-13(2)31-20)10-19(26-27)30-8-7-14-9-16(14)17-6-5-15(29-3)11-22-17/h5-6,10-11,14,16,23H,4,7-9,12H2,1-3H3/t14-,16-/m0/s1. The van der Waals surface area contributed by atoms with Gasteiger partial charge in [-0.15, -0.1) is 15.3 Å². The van der Waals surface area contributed by atoms with E-state index in [1.54, 1.807) is 19.4 Å². The molecule has 3 aromatic rings. The smallest absolute Gasteiger partial charge is 0.290 e. The Labute approximate surface area is 184 Å². The lowest BCUT2D eigenvalue weighted by Crippen LogP contribution is -2.25. The van der Waals surface area contributed by atoms with Crippen LogP contribution >= 0.6 is 11.3 Å². The number of anilines is 1. The summed E-state index contributed by atoms with van der Waals surface area (Å²) in [6.07, 6.45) is 3.79. The Hall–Kier alpha value is -3.01. The topological polar surface area (TPSA) is 104 Å². The first-order valence-electron chi connectivity index (χ1n) is 10.3. The molecule has 31 heavy (non-hydrogen) atoms. The molecular formula is C21H26N6O3S. The average molecular weight is 443 g/mol. The number of aromatic nitrogens is 5. The summed E-state index contributed by atoms with van der Waals surface area (Å²) in [5.74, 6) is 2.24. The van der Waals surface area contributed by atoms with Gasteiger partial charge in [0.15, 0.2) is 0 Å². The summed E-state index contributed by atoms with van der Waals surface area (Å²) in [5.41, 5.74) is 1.37. The summed E-state index contributed by atoms with van der Waals surface area (Å²) >= 11 is 1.50. The Bertz CT molecular complexity index is 1080. The molecule has 3 aromatic heterocycles. The Morgan fingerprint density at radius 1 is 1.32 bits per heavy atom. The zero-order valence-corrected chi connectivity index (χ0v) is 18.7. The minimum atomic E-state index is -0.177. The molecule has 0 unspecified atom stereocenters. The third-order valence-electron chi connectivity index (χ3n) is 5.29. The van der Waals surface area contributed by atoms with Crippen LogP contribution in [0.2, 0.25) is 0 Å². The van der Waals surface area contributed by atoms with Gasteiger partial charge in [0, 0.05) is 24.2 Å². The van der Waals surface area contributed by atoms with Gasteiger partial charge in [-0.2, -0.15) is 0 Å². The van der Waals surface area contributed by atoms with Crippen molar-refractivity contribution in [3.8, 4) is 11.6 Å². The fraction of sp³-hybridized carbons (Fsp3) is 0.476. The highest BCUT2D eigenvalue weighted by Crippen LogP contribution is 2.48. The van der Waals surface area contributed by atoms with E-state index in [0.29, 0.717) is 43.1 Å². The van der Waals surface area contributed by atoms with Crippen LogP contribution in [0.4, 0.5) is 5.69 Å². The van der Waals surface area contributed by atoms with Gasteiger partial charge in [0.25, 0.3) is 5.56 Å². The lowest BCUT2D eigenvalue weighted by molar-refractivity contribution is 0.281. The summed E-state index contributed by atoms with van der Waals surface area (Å²) in [6, 6.07) is 5.64. The molecule has 0 radical (unpaired) electrons. The number of nitrogens with zero attached hydrogens (tertiary/aromatic N) is 5. The van der Waals surface area contributed by atoms with Crippen LogP contribution in [0.3, 0.4) is 0 Å². The van der Waals surface area contributed by atoms with E-state index >= 15 is 0 Å². The molecule has 0 aromatic carbocycles. The van der Waals surface area contributed by atoms with Gasteiger partial charge in [-0.05, 0) is 44.7 Å². The van der Waals surface area contributed by atoms with Gasteiger partial charge in [-0.25, -0.2) is 4.68 Å². The normalized spacial score (nSPS) is 17.4. The van der Waals surface area contributed by atoms with E-state index in [0.717, 1.165) is 34.3 Å². The van der Waals surface area contributed by atoms with E-state index in [1.165, 1.54) is 16.0 Å². The van der Waals surface area contributed by atoms with Crippen molar-refractivity contribution in [2.45, 2.75) is 45.7 Å². The molecular weight excluding hydrogens is 416 g/mol. The maximum atomic E-state index is 12.6. The minimum Gasteiger partial charge on any atom is -0.495 e. The first-order valence-corrected chi connectivity index (χ1v) is 11.2. The van der Waals surface area contributed by atoms with Gasteiger partial charge in [0.05, 0.1) is 26.5 Å². The van der Waals surface area contributed by atoms with E-state index in [4.69, 9.17) is 9.47 Å². The van der Waals surface area contributed by atoms with Crippen molar-refractivity contribution < 1.29 is 9.47 Å². The highest BCUT2D eigenvalue weighted by atomic mass is 32.1. The maximum Gasteiger partial charge on any atom is 0.290 e. The van der Waals surface area contributed by atoms with Crippen molar-refractivity contribution in [2.24, 2.45) is 5.92 Å². The molecule has 0 amide bonds. The van der Waals surface area contributed by atoms with Crippen LogP contribution in [0, 0.1) is 12.8 Å². The number of methoxy groups -OCH3 is 1. The molecule has 1 aliphatic rings. The largest absolute Gasteiger partial charge is 0.495 e. The lowest BCUT2D eigenvalue weighted by Gasteiger charge is -2.11. The van der Waals surface area contributed by atoms with E-state index < -0.39 is 0 Å². The van der Waals surface area contributed by atoms with E-state index in [9.17, 15) is 4.79 Å². The molecule has 1 aliphatic carbocycles. The third kappa shape index (κ3) is 5.19. The van der Waals surface area contributed by atoms with Crippen molar-refractivity contribution in [2.75, 3.05) is 19.0 Å². The number of pyridine rings is 1. The van der Waals surface area contributed by atoms with Crippen LogP contribution in [0.15, 0.2) is 29.2 Å². The average Bonchev–Trinajstić information content (AvgIpc) is 3.44. The van der Waals surface area contributed by atoms with Gasteiger partial charge < -0.3 is 14.8 Å². The number of nitrogens with one attached hydrogen (secondary N) is 1. The van der Waals surface area contributed by atoms with Crippen molar-refractivity contribution in [1.29, 1.82) is 0 Å². The molecule has 1 saturated carbocycles. The van der Waals surface area contributed by atoms with E-state index in [-0.39, 0.29) is 5.56 Å². The van der Waals surface area contributed by atoms with Gasteiger partial charge in [-0.3, -0.25) is 9.78 Å². The SMILES string of the molecule is CCn1nc(OCC[C@H]2C[C@@H]2c2ccc(OC)cn2)cc(NCc2nnc(C)s2)c1=O. The van der Waals surface area contributed by atoms with Crippen LogP contribution in [0.5, 0.6) is 11.6 Å². The van der Waals surface area contributed by atoms with Crippen molar-refractivity contribution in [3.63, 3.8) is 0 Å². The number of hydrogen-bond donors (Lipinski definition) is 1. The molecule has 2 atom stereocenters. The second kappa shape index (κ2) is 9.42. The summed E-state index contributed by atoms with van der Waals surface area (Å²) in [4.78, 5) is 17.0. The first kappa shape index (κ1) is 21.2. The quantitative estimate of drug-likeness (QED) is 0.511. The summed E-state index contributed by atoms with van der Waals surface area (Å²) in [7, 11) is 1.64.